The number of hydrogen-bond donors (Lipinski definition) is 1. The number of halogens is 1. The maximum absolute atomic E-state index is 13.4. The van der Waals surface area contributed by atoms with Gasteiger partial charge < -0.3 is 10.0 Å². The average molecular weight is 468 g/mol. The summed E-state index contributed by atoms with van der Waals surface area (Å²) < 4.78 is 5.34. The predicted molar refractivity (Wildman–Crippen MR) is 127 cm³/mol. The van der Waals surface area contributed by atoms with Crippen LogP contribution in [0.3, 0.4) is 0 Å². The van der Waals surface area contributed by atoms with E-state index in [-0.39, 0.29) is 17.8 Å². The smallest absolute Gasteiger partial charge is 0.330 e. The largest absolute Gasteiger partial charge is 0.393 e. The lowest BCUT2D eigenvalue weighted by Gasteiger charge is -2.26. The maximum Gasteiger partial charge on any atom is 0.330 e. The van der Waals surface area contributed by atoms with Gasteiger partial charge in [-0.15, -0.1) is 0 Å². The summed E-state index contributed by atoms with van der Waals surface area (Å²) in [4.78, 5) is 30.1. The number of rotatable bonds is 3. The number of fused-ring (bicyclic) bond motifs is 2. The molecule has 2 aliphatic rings. The summed E-state index contributed by atoms with van der Waals surface area (Å²) >= 11 is 6.27. The molecule has 0 unspecified atom stereocenters. The van der Waals surface area contributed by atoms with Gasteiger partial charge in [0.05, 0.1) is 17.1 Å². The van der Waals surface area contributed by atoms with Gasteiger partial charge >= 0.3 is 5.69 Å². The molecule has 3 aromatic heterocycles. The summed E-state index contributed by atoms with van der Waals surface area (Å²) in [6.45, 7) is 1.80. The van der Waals surface area contributed by atoms with Crippen LogP contribution in [0, 0.1) is 0 Å². The molecule has 1 saturated carbocycles. The number of benzene rings is 1. The molecule has 4 aromatic rings. The van der Waals surface area contributed by atoms with Gasteiger partial charge in [-0.1, -0.05) is 11.6 Å². The lowest BCUT2D eigenvalue weighted by molar-refractivity contribution is 0.110. The first-order chi connectivity index (χ1) is 16.0. The van der Waals surface area contributed by atoms with Crippen molar-refractivity contribution >= 4 is 39.6 Å². The molecule has 0 atom stereocenters. The number of aliphatic hydroxyl groups is 1. The van der Waals surface area contributed by atoms with E-state index in [0.717, 1.165) is 61.1 Å². The Kier molecular flexibility index (Phi) is 4.92. The fourth-order valence-electron chi connectivity index (χ4n) is 5.28. The topological polar surface area (TPSA) is 94.0 Å². The Bertz CT molecular complexity index is 1410. The predicted octanol–water partition coefficient (Wildman–Crippen LogP) is 3.20. The molecule has 6 rings (SSSR count). The van der Waals surface area contributed by atoms with Gasteiger partial charge in [0.2, 0.25) is 5.95 Å². The first-order valence-electron chi connectivity index (χ1n) is 11.6. The summed E-state index contributed by atoms with van der Waals surface area (Å²) in [6.07, 6.45) is 6.49. The Balaban J connectivity index is 1.61. The van der Waals surface area contributed by atoms with Crippen LogP contribution in [0.5, 0.6) is 0 Å². The van der Waals surface area contributed by atoms with Crippen LogP contribution in [0.4, 0.5) is 5.82 Å². The number of aryl methyl sites for hydroxylation is 1. The molecule has 172 valence electrons. The van der Waals surface area contributed by atoms with Crippen molar-refractivity contribution in [2.45, 2.75) is 50.7 Å². The molecule has 10 heteroatoms. The fourth-order valence-corrected chi connectivity index (χ4v) is 5.45. The third kappa shape index (κ3) is 3.33. The zero-order valence-corrected chi connectivity index (χ0v) is 19.2. The second-order valence-corrected chi connectivity index (χ2v) is 9.57. The standard InChI is InChI=1S/C23H26ClN7O2/c1-28-19-20(29-10-2-3-11-29)26-22(30-13-25-17-9-4-14(24)12-18(17)30)27-21(19)31(23(28)33)15-5-7-16(32)8-6-15/h4,9,12-13,15-16,32H,2-3,5-8,10-11H2,1H3. The van der Waals surface area contributed by atoms with Crippen molar-refractivity contribution in [3.63, 3.8) is 0 Å². The molecule has 1 saturated heterocycles. The van der Waals surface area contributed by atoms with Gasteiger partial charge in [-0.05, 0) is 56.7 Å². The molecule has 2 fully saturated rings. The molecule has 4 heterocycles. The number of aromatic nitrogens is 6. The minimum atomic E-state index is -0.292. The van der Waals surface area contributed by atoms with E-state index in [1.165, 1.54) is 0 Å². The molecular formula is C23H26ClN7O2. The Morgan fingerprint density at radius 3 is 2.61 bits per heavy atom. The van der Waals surface area contributed by atoms with Crippen LogP contribution in [0.25, 0.3) is 28.1 Å². The van der Waals surface area contributed by atoms with E-state index in [4.69, 9.17) is 21.6 Å². The third-order valence-electron chi connectivity index (χ3n) is 7.05. The Hall–Kier alpha value is -2.91. The normalized spacial score (nSPS) is 21.5. The molecule has 0 bridgehead atoms. The van der Waals surface area contributed by atoms with Gasteiger partial charge in [0.25, 0.3) is 0 Å². The first kappa shape index (κ1) is 20.7. The van der Waals surface area contributed by atoms with Gasteiger partial charge in [0.15, 0.2) is 11.5 Å². The van der Waals surface area contributed by atoms with E-state index in [1.807, 2.05) is 27.3 Å². The maximum atomic E-state index is 13.4. The van der Waals surface area contributed by atoms with Crippen molar-refractivity contribution in [2.24, 2.45) is 7.05 Å². The van der Waals surface area contributed by atoms with Gasteiger partial charge in [-0.3, -0.25) is 13.7 Å². The highest BCUT2D eigenvalue weighted by atomic mass is 35.5. The Labute approximate surface area is 195 Å². The van der Waals surface area contributed by atoms with Crippen LogP contribution in [-0.2, 0) is 7.05 Å². The highest BCUT2D eigenvalue weighted by molar-refractivity contribution is 6.31. The van der Waals surface area contributed by atoms with E-state index >= 15 is 0 Å². The van der Waals surface area contributed by atoms with E-state index in [2.05, 4.69) is 9.88 Å². The zero-order chi connectivity index (χ0) is 22.7. The number of nitrogens with zero attached hydrogens (tertiary/aromatic N) is 7. The number of anilines is 1. The lowest BCUT2D eigenvalue weighted by Crippen LogP contribution is -2.30. The number of imidazole rings is 2. The van der Waals surface area contributed by atoms with Gasteiger partial charge in [0, 0.05) is 31.2 Å². The Morgan fingerprint density at radius 1 is 1.09 bits per heavy atom. The number of aliphatic hydroxyl groups excluding tert-OH is 1. The molecule has 1 aromatic carbocycles. The van der Waals surface area contributed by atoms with Crippen LogP contribution in [0.2, 0.25) is 5.02 Å². The average Bonchev–Trinajstić information content (AvgIpc) is 3.54. The zero-order valence-electron chi connectivity index (χ0n) is 18.5. The third-order valence-corrected chi connectivity index (χ3v) is 7.29. The monoisotopic (exact) mass is 467 g/mol. The van der Waals surface area contributed by atoms with E-state index < -0.39 is 0 Å². The second kappa shape index (κ2) is 7.85. The van der Waals surface area contributed by atoms with E-state index in [0.29, 0.717) is 29.5 Å². The summed E-state index contributed by atoms with van der Waals surface area (Å²) in [5, 5.41) is 10.6. The van der Waals surface area contributed by atoms with Crippen molar-refractivity contribution in [1.29, 1.82) is 0 Å². The summed E-state index contributed by atoms with van der Waals surface area (Å²) in [5.41, 5.74) is 2.94. The van der Waals surface area contributed by atoms with E-state index in [1.54, 1.807) is 17.9 Å². The molecule has 0 radical (unpaired) electrons. The van der Waals surface area contributed by atoms with Crippen molar-refractivity contribution in [2.75, 3.05) is 18.0 Å². The van der Waals surface area contributed by atoms with E-state index in [9.17, 15) is 9.90 Å². The summed E-state index contributed by atoms with van der Waals surface area (Å²) in [6, 6.07) is 5.55. The van der Waals surface area contributed by atoms with Crippen LogP contribution in [0.15, 0.2) is 29.3 Å². The molecule has 0 spiro atoms. The minimum absolute atomic E-state index is 0.00718. The highest BCUT2D eigenvalue weighted by Gasteiger charge is 2.29. The molecule has 1 N–H and O–H groups in total. The molecule has 9 nitrogen and oxygen atoms in total. The van der Waals surface area contributed by atoms with Crippen LogP contribution in [0.1, 0.15) is 44.6 Å². The lowest BCUT2D eigenvalue weighted by atomic mass is 9.93. The second-order valence-electron chi connectivity index (χ2n) is 9.14. The molecule has 1 aliphatic carbocycles. The van der Waals surface area contributed by atoms with Crippen molar-refractivity contribution in [3.05, 3.63) is 40.0 Å². The SMILES string of the molecule is Cn1c(=O)n(C2CCC(O)CC2)c2nc(-n3cnc4ccc(Cl)cc43)nc(N3CCCC3)c21. The van der Waals surface area contributed by atoms with Gasteiger partial charge in [-0.25, -0.2) is 9.78 Å². The number of hydrogen-bond acceptors (Lipinski definition) is 6. The van der Waals surface area contributed by atoms with Gasteiger partial charge in [0.1, 0.15) is 11.8 Å². The molecular weight excluding hydrogens is 442 g/mol. The van der Waals surface area contributed by atoms with Crippen LogP contribution < -0.4 is 10.6 Å². The summed E-state index contributed by atoms with van der Waals surface area (Å²) in [5.74, 6) is 1.26. The quantitative estimate of drug-likeness (QED) is 0.497. The van der Waals surface area contributed by atoms with Crippen LogP contribution in [-0.4, -0.2) is 53.0 Å². The first-order valence-corrected chi connectivity index (χ1v) is 11.9. The van der Waals surface area contributed by atoms with Gasteiger partial charge in [-0.2, -0.15) is 9.97 Å². The molecule has 33 heavy (non-hydrogen) atoms. The molecule has 0 amide bonds. The fraction of sp³-hybridized carbons (Fsp3) is 0.478. The highest BCUT2D eigenvalue weighted by Crippen LogP contribution is 2.33. The van der Waals surface area contributed by atoms with Crippen LogP contribution >= 0.6 is 11.6 Å². The van der Waals surface area contributed by atoms with Crippen molar-refractivity contribution in [3.8, 4) is 5.95 Å². The minimum Gasteiger partial charge on any atom is -0.393 e. The molecule has 1 aliphatic heterocycles. The van der Waals surface area contributed by atoms with Crippen molar-refractivity contribution < 1.29 is 5.11 Å². The Morgan fingerprint density at radius 2 is 1.85 bits per heavy atom. The summed E-state index contributed by atoms with van der Waals surface area (Å²) in [7, 11) is 1.80. The van der Waals surface area contributed by atoms with Crippen molar-refractivity contribution in [1.82, 2.24) is 28.7 Å².